The van der Waals surface area contributed by atoms with Gasteiger partial charge in [0.25, 0.3) is 5.91 Å². The third kappa shape index (κ3) is 5.17. The number of rotatable bonds is 7. The number of hydrogen-bond acceptors (Lipinski definition) is 9. The van der Waals surface area contributed by atoms with Crippen molar-refractivity contribution in [2.75, 3.05) is 6.54 Å². The smallest absolute Gasteiger partial charge is 0.254 e. The van der Waals surface area contributed by atoms with Crippen molar-refractivity contribution >= 4 is 17.2 Å². The molecule has 6 rings (SSSR count). The summed E-state index contributed by atoms with van der Waals surface area (Å²) in [6, 6.07) is 11.3. The fourth-order valence-corrected chi connectivity index (χ4v) is 5.94. The Bertz CT molecular complexity index is 1640. The number of hydrogen-bond donors (Lipinski definition) is 1. The number of carbonyl (C=O) groups is 1. The third-order valence-corrected chi connectivity index (χ3v) is 8.00. The minimum absolute atomic E-state index is 0.0699. The number of nitrogens with two attached hydrogens (primary N) is 1. The first kappa shape index (κ1) is 26.0. The number of aromatic nitrogens is 4. The molecule has 1 saturated heterocycles. The highest BCUT2D eigenvalue weighted by Crippen LogP contribution is 2.36. The van der Waals surface area contributed by atoms with Gasteiger partial charge in [0.05, 0.1) is 17.8 Å². The second-order valence-electron chi connectivity index (χ2n) is 10.3. The van der Waals surface area contributed by atoms with Crippen molar-refractivity contribution in [2.24, 2.45) is 5.73 Å². The number of aryl methyl sites for hydroxylation is 1. The van der Waals surface area contributed by atoms with E-state index in [4.69, 9.17) is 14.6 Å². The zero-order valence-electron chi connectivity index (χ0n) is 22.0. The van der Waals surface area contributed by atoms with E-state index in [9.17, 15) is 9.18 Å². The van der Waals surface area contributed by atoms with E-state index in [1.165, 1.54) is 18.4 Å². The molecule has 2 atom stereocenters. The maximum Gasteiger partial charge on any atom is 0.254 e. The molecule has 1 aliphatic rings. The van der Waals surface area contributed by atoms with Gasteiger partial charge in [-0.1, -0.05) is 12.1 Å². The summed E-state index contributed by atoms with van der Waals surface area (Å²) < 4.78 is 24.9. The number of likely N-dealkylation sites (tertiary alicyclic amines) is 1. The fourth-order valence-electron chi connectivity index (χ4n) is 4.99. The summed E-state index contributed by atoms with van der Waals surface area (Å²) in [4.78, 5) is 24.7. The summed E-state index contributed by atoms with van der Waals surface area (Å²) in [7, 11) is 0. The van der Waals surface area contributed by atoms with Crippen molar-refractivity contribution in [3.8, 4) is 22.9 Å². The Hall–Kier alpha value is -4.22. The highest BCUT2D eigenvalue weighted by Gasteiger charge is 2.34. The lowest BCUT2D eigenvalue weighted by Gasteiger charge is -2.23. The molecule has 1 aliphatic heterocycles. The molecule has 5 aromatic rings. The number of amides is 1. The van der Waals surface area contributed by atoms with Gasteiger partial charge < -0.3 is 19.5 Å². The maximum atomic E-state index is 13.9. The monoisotopic (exact) mass is 558 g/mol. The number of benzene rings is 2. The lowest BCUT2D eigenvalue weighted by molar-refractivity contribution is 0.0735. The van der Waals surface area contributed by atoms with E-state index >= 15 is 0 Å². The van der Waals surface area contributed by atoms with Crippen molar-refractivity contribution in [1.29, 1.82) is 0 Å². The zero-order chi connectivity index (χ0) is 27.9. The van der Waals surface area contributed by atoms with Crippen molar-refractivity contribution in [3.63, 3.8) is 0 Å². The molecule has 40 heavy (non-hydrogen) atoms. The molecular weight excluding hydrogens is 531 g/mol. The molecular formula is C29H27FN6O3S. The number of nitrogens with zero attached hydrogens (tertiary/aromatic N) is 5. The Morgan fingerprint density at radius 3 is 2.65 bits per heavy atom. The molecule has 0 bridgehead atoms. The molecule has 0 spiro atoms. The molecule has 0 aliphatic carbocycles. The van der Waals surface area contributed by atoms with Crippen molar-refractivity contribution in [3.05, 3.63) is 93.8 Å². The summed E-state index contributed by atoms with van der Waals surface area (Å²) in [6.07, 6.45) is 5.15. The first-order valence-corrected chi connectivity index (χ1v) is 13.8. The van der Waals surface area contributed by atoms with Gasteiger partial charge in [-0.3, -0.25) is 4.79 Å². The molecule has 2 N–H and O–H groups in total. The average molecular weight is 559 g/mol. The number of thiazole rings is 1. The van der Waals surface area contributed by atoms with E-state index < -0.39 is 5.54 Å². The van der Waals surface area contributed by atoms with Crippen molar-refractivity contribution < 1.29 is 18.0 Å². The van der Waals surface area contributed by atoms with Crippen LogP contribution >= 0.6 is 11.3 Å². The third-order valence-electron chi connectivity index (χ3n) is 6.94. The van der Waals surface area contributed by atoms with Crippen LogP contribution in [0.4, 0.5) is 4.39 Å². The first-order chi connectivity index (χ1) is 19.3. The largest absolute Gasteiger partial charge is 0.445 e. The van der Waals surface area contributed by atoms with Crippen molar-refractivity contribution in [1.82, 2.24) is 25.1 Å². The molecule has 3 aromatic heterocycles. The van der Waals surface area contributed by atoms with Gasteiger partial charge in [-0.25, -0.2) is 14.4 Å². The Kier molecular flexibility index (Phi) is 6.77. The average Bonchev–Trinajstić information content (AvgIpc) is 3.76. The molecule has 1 fully saturated rings. The van der Waals surface area contributed by atoms with E-state index in [2.05, 4.69) is 20.2 Å². The van der Waals surface area contributed by atoms with E-state index in [-0.39, 0.29) is 29.5 Å². The SMILES string of the molecule is Cc1csc(C2CCCN2C(=O)c2cc(-c3ncco3)cc(-c3nnc(C(C)(N)Cc4ccc(F)cc4)o3)c2)n1. The second-order valence-corrected chi connectivity index (χ2v) is 11.1. The van der Waals surface area contributed by atoms with Gasteiger partial charge in [0.2, 0.25) is 17.7 Å². The molecule has 0 saturated carbocycles. The van der Waals surface area contributed by atoms with Crippen LogP contribution in [0.3, 0.4) is 0 Å². The highest BCUT2D eigenvalue weighted by molar-refractivity contribution is 7.09. The molecule has 1 amide bonds. The Morgan fingerprint density at radius 2 is 1.95 bits per heavy atom. The van der Waals surface area contributed by atoms with Gasteiger partial charge >= 0.3 is 0 Å². The predicted molar refractivity (Wildman–Crippen MR) is 147 cm³/mol. The second kappa shape index (κ2) is 10.4. The Morgan fingerprint density at radius 1 is 1.18 bits per heavy atom. The molecule has 4 heterocycles. The minimum Gasteiger partial charge on any atom is -0.445 e. The van der Waals surface area contributed by atoms with Gasteiger partial charge in [-0.15, -0.1) is 21.5 Å². The molecule has 9 nitrogen and oxygen atoms in total. The summed E-state index contributed by atoms with van der Waals surface area (Å²) in [6.45, 7) is 4.37. The van der Waals surface area contributed by atoms with Gasteiger partial charge in [-0.2, -0.15) is 0 Å². The normalized spacial score (nSPS) is 16.8. The number of halogens is 1. The van der Waals surface area contributed by atoms with E-state index in [1.54, 1.807) is 54.8 Å². The molecule has 0 radical (unpaired) electrons. The summed E-state index contributed by atoms with van der Waals surface area (Å²) in [5.41, 5.74) is 8.93. The van der Waals surface area contributed by atoms with Crippen LogP contribution in [0.2, 0.25) is 0 Å². The van der Waals surface area contributed by atoms with Crippen LogP contribution in [-0.4, -0.2) is 37.5 Å². The number of oxazole rings is 1. The fraction of sp³-hybridized carbons (Fsp3) is 0.276. The van der Waals surface area contributed by atoms with Gasteiger partial charge in [0.15, 0.2) is 0 Å². The first-order valence-electron chi connectivity index (χ1n) is 12.9. The molecule has 204 valence electrons. The topological polar surface area (TPSA) is 124 Å². The predicted octanol–water partition coefficient (Wildman–Crippen LogP) is 5.69. The lowest BCUT2D eigenvalue weighted by atomic mass is 9.94. The van der Waals surface area contributed by atoms with E-state index in [1.807, 2.05) is 17.2 Å². The molecule has 11 heteroatoms. The Labute approximate surface area is 233 Å². The highest BCUT2D eigenvalue weighted by atomic mass is 32.1. The number of carbonyl (C=O) groups excluding carboxylic acids is 1. The van der Waals surface area contributed by atoms with Gasteiger partial charge in [0, 0.05) is 34.3 Å². The maximum absolute atomic E-state index is 13.9. The van der Waals surface area contributed by atoms with Crippen LogP contribution < -0.4 is 5.73 Å². The minimum atomic E-state index is -1.00. The van der Waals surface area contributed by atoms with Gasteiger partial charge in [-0.05, 0) is 69.0 Å². The van der Waals surface area contributed by atoms with E-state index in [0.29, 0.717) is 35.5 Å². The van der Waals surface area contributed by atoms with Crippen LogP contribution in [0.25, 0.3) is 22.9 Å². The van der Waals surface area contributed by atoms with Gasteiger partial charge in [0.1, 0.15) is 17.1 Å². The van der Waals surface area contributed by atoms with Crippen LogP contribution in [0.1, 0.15) is 58.3 Å². The zero-order valence-corrected chi connectivity index (χ0v) is 22.8. The van der Waals surface area contributed by atoms with E-state index in [0.717, 1.165) is 29.1 Å². The Balaban J connectivity index is 1.34. The van der Waals surface area contributed by atoms with Crippen LogP contribution in [0, 0.1) is 12.7 Å². The summed E-state index contributed by atoms with van der Waals surface area (Å²) >= 11 is 1.58. The van der Waals surface area contributed by atoms with Crippen LogP contribution in [0.5, 0.6) is 0 Å². The van der Waals surface area contributed by atoms with Crippen LogP contribution in [-0.2, 0) is 12.0 Å². The molecule has 2 unspecified atom stereocenters. The quantitative estimate of drug-likeness (QED) is 0.270. The summed E-state index contributed by atoms with van der Waals surface area (Å²) in [5.74, 6) is 0.358. The lowest BCUT2D eigenvalue weighted by Crippen LogP contribution is -2.35. The van der Waals surface area contributed by atoms with Crippen LogP contribution in [0.15, 0.2) is 69.1 Å². The molecule has 2 aromatic carbocycles. The summed E-state index contributed by atoms with van der Waals surface area (Å²) in [5, 5.41) is 11.4. The standard InChI is InChI=1S/C29H27FN6O3S/c1-17-16-40-26(33-17)23-4-3-10-36(23)27(37)21-13-19(24-32-9-11-38-24)12-20(14-21)25-34-35-28(39-25)29(2,31)15-18-5-7-22(30)8-6-18/h5-9,11-14,16,23H,3-4,10,15,31H2,1-2H3. The van der Waals surface area contributed by atoms with Crippen molar-refractivity contribution in [2.45, 2.75) is 44.7 Å².